The number of aromatic hydroxyl groups is 3. The minimum atomic E-state index is -1.28. The first-order valence-corrected chi connectivity index (χ1v) is 12.1. The maximum Gasteiger partial charge on any atom is 0.306 e. The van der Waals surface area contributed by atoms with Crippen molar-refractivity contribution in [1.29, 1.82) is 0 Å². The highest BCUT2D eigenvalue weighted by Crippen LogP contribution is 2.49. The van der Waals surface area contributed by atoms with Gasteiger partial charge in [-0.25, -0.2) is 0 Å². The minimum Gasteiger partial charge on any atom is -0.504 e. The Kier molecular flexibility index (Phi) is 5.83. The molecule has 0 aliphatic carbocycles. The molecule has 3 heterocycles. The molecule has 0 saturated carbocycles. The maximum atomic E-state index is 13.4. The summed E-state index contributed by atoms with van der Waals surface area (Å²) >= 11 is 0. The van der Waals surface area contributed by atoms with Crippen LogP contribution in [0.15, 0.2) is 68.6 Å². The Morgan fingerprint density at radius 1 is 0.975 bits per heavy atom. The van der Waals surface area contributed by atoms with Crippen molar-refractivity contribution in [2.45, 2.75) is 12.3 Å². The Bertz CT molecular complexity index is 1940. The Balaban J connectivity index is 1.67. The molecule has 1 aliphatic heterocycles. The maximum absolute atomic E-state index is 13.4. The molecule has 3 aromatic carbocycles. The fourth-order valence-corrected chi connectivity index (χ4v) is 4.93. The van der Waals surface area contributed by atoms with E-state index in [1.54, 1.807) is 42.5 Å². The number of phenols is 3. The van der Waals surface area contributed by atoms with Gasteiger partial charge in [0.1, 0.15) is 16.7 Å². The molecule has 0 saturated heterocycles. The number of ether oxygens (including phenoxy) is 3. The van der Waals surface area contributed by atoms with Crippen LogP contribution in [0.4, 0.5) is 0 Å². The summed E-state index contributed by atoms with van der Waals surface area (Å²) in [6.07, 6.45) is -0.484. The SMILES string of the molecule is COC(=O)C[C@@H](c1cc2cc3c(cc2[nH]c1=O)OCO3)c1c(O)c(O)c(O)c2c(=O)cc(-c3ccccc3)oc12. The molecule has 6 rings (SSSR count). The zero-order chi connectivity index (χ0) is 28.1. The highest BCUT2D eigenvalue weighted by atomic mass is 16.7. The number of hydrogen-bond donors (Lipinski definition) is 4. The Hall–Kier alpha value is -5.45. The van der Waals surface area contributed by atoms with E-state index in [-0.39, 0.29) is 29.3 Å². The van der Waals surface area contributed by atoms with E-state index >= 15 is 0 Å². The summed E-state index contributed by atoms with van der Waals surface area (Å²) < 4.78 is 21.7. The summed E-state index contributed by atoms with van der Waals surface area (Å²) in [5.41, 5.74) is -0.965. The average Bonchev–Trinajstić information content (AvgIpc) is 3.41. The van der Waals surface area contributed by atoms with E-state index in [2.05, 4.69) is 4.98 Å². The van der Waals surface area contributed by atoms with Gasteiger partial charge in [-0.05, 0) is 12.1 Å². The van der Waals surface area contributed by atoms with Crippen molar-refractivity contribution < 1.29 is 38.7 Å². The third kappa shape index (κ3) is 3.95. The smallest absolute Gasteiger partial charge is 0.306 e. The lowest BCUT2D eigenvalue weighted by Gasteiger charge is -2.21. The fraction of sp³-hybridized carbons (Fsp3) is 0.138. The van der Waals surface area contributed by atoms with Crippen LogP contribution in [0.5, 0.6) is 28.7 Å². The van der Waals surface area contributed by atoms with Gasteiger partial charge >= 0.3 is 5.97 Å². The van der Waals surface area contributed by atoms with E-state index in [1.807, 2.05) is 0 Å². The third-order valence-electron chi connectivity index (χ3n) is 6.88. The number of aromatic nitrogens is 1. The number of benzene rings is 3. The van der Waals surface area contributed by atoms with Crippen molar-refractivity contribution >= 4 is 27.8 Å². The second kappa shape index (κ2) is 9.38. The van der Waals surface area contributed by atoms with Crippen LogP contribution in [-0.4, -0.2) is 40.2 Å². The first-order valence-electron chi connectivity index (χ1n) is 12.1. The van der Waals surface area contributed by atoms with Gasteiger partial charge in [-0.2, -0.15) is 0 Å². The van der Waals surface area contributed by atoms with Gasteiger partial charge in [-0.15, -0.1) is 0 Å². The summed E-state index contributed by atoms with van der Waals surface area (Å²) in [6, 6.07) is 14.5. The van der Waals surface area contributed by atoms with Crippen LogP contribution in [0.3, 0.4) is 0 Å². The highest BCUT2D eigenvalue weighted by molar-refractivity contribution is 5.94. The Labute approximate surface area is 224 Å². The molecule has 0 radical (unpaired) electrons. The van der Waals surface area contributed by atoms with Crippen molar-refractivity contribution in [3.8, 4) is 40.1 Å². The predicted octanol–water partition coefficient (Wildman–Crippen LogP) is 3.84. The summed E-state index contributed by atoms with van der Waals surface area (Å²) in [5.74, 6) is -3.81. The van der Waals surface area contributed by atoms with E-state index in [1.165, 1.54) is 6.07 Å². The van der Waals surface area contributed by atoms with Gasteiger partial charge in [0.25, 0.3) is 5.56 Å². The molecule has 0 bridgehead atoms. The van der Waals surface area contributed by atoms with Crippen molar-refractivity contribution in [2.75, 3.05) is 13.9 Å². The topological polar surface area (TPSA) is 169 Å². The largest absolute Gasteiger partial charge is 0.504 e. The quantitative estimate of drug-likeness (QED) is 0.189. The average molecular weight is 543 g/mol. The molecule has 0 amide bonds. The van der Waals surface area contributed by atoms with Gasteiger partial charge in [-0.1, -0.05) is 30.3 Å². The van der Waals surface area contributed by atoms with Crippen molar-refractivity contribution in [2.24, 2.45) is 0 Å². The molecule has 0 fully saturated rings. The summed E-state index contributed by atoms with van der Waals surface area (Å²) in [4.78, 5) is 41.9. The molecule has 40 heavy (non-hydrogen) atoms. The van der Waals surface area contributed by atoms with Crippen LogP contribution in [0.2, 0.25) is 0 Å². The normalized spacial score (nSPS) is 13.0. The number of carbonyl (C=O) groups is 1. The number of hydrogen-bond acceptors (Lipinski definition) is 10. The molecule has 202 valence electrons. The first-order chi connectivity index (χ1) is 19.3. The molecule has 0 spiro atoms. The van der Waals surface area contributed by atoms with Gasteiger partial charge in [0.2, 0.25) is 12.5 Å². The number of nitrogens with one attached hydrogen (secondary N) is 1. The number of esters is 1. The molecule has 11 nitrogen and oxygen atoms in total. The lowest BCUT2D eigenvalue weighted by atomic mass is 9.86. The van der Waals surface area contributed by atoms with Crippen LogP contribution < -0.4 is 20.5 Å². The predicted molar refractivity (Wildman–Crippen MR) is 142 cm³/mol. The highest BCUT2D eigenvalue weighted by Gasteiger charge is 2.33. The van der Waals surface area contributed by atoms with Gasteiger partial charge < -0.3 is 38.9 Å². The van der Waals surface area contributed by atoms with Gasteiger partial charge in [0.15, 0.2) is 28.4 Å². The Morgan fingerprint density at radius 2 is 1.70 bits per heavy atom. The Morgan fingerprint density at radius 3 is 2.42 bits per heavy atom. The standard InChI is InChI=1S/C29H21NO10/c1-37-22(32)9-15(16-7-14-8-20-21(39-12-38-20)10-17(14)30-29(16)36)23-25(33)27(35)26(34)24-18(31)11-19(40-28(23)24)13-5-3-2-4-6-13/h2-8,10-11,15,33-35H,9,12H2,1H3,(H,30,36)/t15-/m0/s1. The molecule has 0 unspecified atom stereocenters. The summed E-state index contributed by atoms with van der Waals surface area (Å²) in [5, 5.41) is 32.4. The lowest BCUT2D eigenvalue weighted by molar-refractivity contribution is -0.140. The van der Waals surface area contributed by atoms with Crippen LogP contribution in [0, 0.1) is 0 Å². The monoisotopic (exact) mass is 543 g/mol. The number of phenolic OH excluding ortho intramolecular Hbond substituents is 3. The molecule has 2 aromatic heterocycles. The zero-order valence-electron chi connectivity index (χ0n) is 20.9. The molecule has 4 N–H and O–H groups in total. The number of carbonyl (C=O) groups excluding carboxylic acids is 1. The molecule has 1 aliphatic rings. The number of aromatic amines is 1. The fourth-order valence-electron chi connectivity index (χ4n) is 4.93. The van der Waals surface area contributed by atoms with Crippen LogP contribution in [0.25, 0.3) is 33.2 Å². The number of fused-ring (bicyclic) bond motifs is 3. The second-order valence-corrected chi connectivity index (χ2v) is 9.18. The van der Waals surface area contributed by atoms with Crippen LogP contribution in [0.1, 0.15) is 23.5 Å². The van der Waals surface area contributed by atoms with Crippen LogP contribution >= 0.6 is 0 Å². The molecular weight excluding hydrogens is 522 g/mol. The van der Waals surface area contributed by atoms with E-state index in [0.29, 0.717) is 28.0 Å². The molecule has 5 aromatic rings. The lowest BCUT2D eigenvalue weighted by Crippen LogP contribution is -2.20. The van der Waals surface area contributed by atoms with E-state index in [4.69, 9.17) is 18.6 Å². The molecular formula is C29H21NO10. The van der Waals surface area contributed by atoms with Crippen LogP contribution in [-0.2, 0) is 9.53 Å². The molecule has 11 heteroatoms. The minimum absolute atomic E-state index is 0.00813. The second-order valence-electron chi connectivity index (χ2n) is 9.18. The van der Waals surface area contributed by atoms with Gasteiger partial charge in [0.05, 0.1) is 19.0 Å². The number of H-pyrrole nitrogens is 1. The van der Waals surface area contributed by atoms with Gasteiger partial charge in [0, 0.05) is 40.1 Å². The van der Waals surface area contributed by atoms with E-state index in [9.17, 15) is 29.7 Å². The number of rotatable bonds is 5. The first kappa shape index (κ1) is 24.9. The van der Waals surface area contributed by atoms with Gasteiger partial charge in [-0.3, -0.25) is 14.4 Å². The summed E-state index contributed by atoms with van der Waals surface area (Å²) in [6.45, 7) is 0.0170. The van der Waals surface area contributed by atoms with E-state index in [0.717, 1.165) is 13.2 Å². The molecule has 1 atom stereocenters. The van der Waals surface area contributed by atoms with Crippen molar-refractivity contribution in [3.05, 3.63) is 86.3 Å². The number of methoxy groups -OCH3 is 1. The van der Waals surface area contributed by atoms with Crippen molar-refractivity contribution in [3.63, 3.8) is 0 Å². The number of pyridine rings is 1. The third-order valence-corrected chi connectivity index (χ3v) is 6.88. The van der Waals surface area contributed by atoms with E-state index < -0.39 is 51.9 Å². The zero-order valence-corrected chi connectivity index (χ0v) is 20.9. The van der Waals surface area contributed by atoms with Crippen molar-refractivity contribution in [1.82, 2.24) is 4.98 Å². The summed E-state index contributed by atoms with van der Waals surface area (Å²) in [7, 11) is 1.16.